The summed E-state index contributed by atoms with van der Waals surface area (Å²) in [5, 5.41) is 28.3. The Morgan fingerprint density at radius 1 is 1.45 bits per heavy atom. The summed E-state index contributed by atoms with van der Waals surface area (Å²) in [6.45, 7) is -0.787. The quantitative estimate of drug-likeness (QED) is 0.513. The molecule has 0 aliphatic carbocycles. The molecule has 2 aromatic heterocycles. The predicted octanol–water partition coefficient (Wildman–Crippen LogP) is -1.68. The summed E-state index contributed by atoms with van der Waals surface area (Å²) in [6, 6.07) is 0. The molecule has 108 valence electrons. The molecule has 0 unspecified atom stereocenters. The maximum atomic E-state index is 13.9. The van der Waals surface area contributed by atoms with Crippen molar-refractivity contribution >= 4 is 17.0 Å². The Bertz CT molecular complexity index is 648. The summed E-state index contributed by atoms with van der Waals surface area (Å²) in [7, 11) is 0. The van der Waals surface area contributed by atoms with Crippen LogP contribution in [-0.2, 0) is 4.74 Å². The van der Waals surface area contributed by atoms with E-state index in [1.165, 1.54) is 17.2 Å². The molecule has 2 aromatic rings. The van der Waals surface area contributed by atoms with Gasteiger partial charge in [0.05, 0.1) is 12.9 Å². The van der Waals surface area contributed by atoms with Gasteiger partial charge in [0.1, 0.15) is 17.9 Å². The number of aliphatic hydroxyl groups is 3. The van der Waals surface area contributed by atoms with Crippen molar-refractivity contribution in [2.75, 3.05) is 12.3 Å². The van der Waals surface area contributed by atoms with Gasteiger partial charge in [-0.05, 0) is 0 Å². The molecule has 0 spiro atoms. The van der Waals surface area contributed by atoms with Gasteiger partial charge >= 0.3 is 0 Å². The number of nitrogens with two attached hydrogens (primary N) is 1. The minimum absolute atomic E-state index is 0.121. The van der Waals surface area contributed by atoms with E-state index in [1.807, 2.05) is 0 Å². The van der Waals surface area contributed by atoms with Gasteiger partial charge in [0, 0.05) is 0 Å². The average molecular weight is 285 g/mol. The SMILES string of the molecule is Nc1ncnc2c1ncn2[C@@H]1O[C@H](CO)[C@@](O)(F)[C@H]1O. The Morgan fingerprint density at radius 2 is 2.20 bits per heavy atom. The lowest BCUT2D eigenvalue weighted by molar-refractivity contribution is -0.181. The van der Waals surface area contributed by atoms with Crippen LogP contribution >= 0.6 is 0 Å². The Hall–Kier alpha value is -1.88. The van der Waals surface area contributed by atoms with Crippen LogP contribution < -0.4 is 5.73 Å². The van der Waals surface area contributed by atoms with Gasteiger partial charge in [0.2, 0.25) is 0 Å². The largest absolute Gasteiger partial charge is 0.393 e. The van der Waals surface area contributed by atoms with Crippen molar-refractivity contribution in [3.05, 3.63) is 12.7 Å². The number of alkyl halides is 1. The summed E-state index contributed by atoms with van der Waals surface area (Å²) in [4.78, 5) is 11.6. The van der Waals surface area contributed by atoms with Crippen molar-refractivity contribution in [2.24, 2.45) is 0 Å². The van der Waals surface area contributed by atoms with Gasteiger partial charge in [0.25, 0.3) is 5.85 Å². The second kappa shape index (κ2) is 4.31. The van der Waals surface area contributed by atoms with Gasteiger partial charge in [-0.1, -0.05) is 0 Å². The highest BCUT2D eigenvalue weighted by atomic mass is 19.2. The third-order valence-electron chi connectivity index (χ3n) is 3.27. The zero-order valence-electron chi connectivity index (χ0n) is 10.1. The van der Waals surface area contributed by atoms with E-state index in [0.29, 0.717) is 0 Å². The van der Waals surface area contributed by atoms with Crippen molar-refractivity contribution in [2.45, 2.75) is 24.3 Å². The van der Waals surface area contributed by atoms with Gasteiger partial charge in [-0.15, -0.1) is 0 Å². The van der Waals surface area contributed by atoms with E-state index in [-0.39, 0.29) is 17.0 Å². The second-order valence-corrected chi connectivity index (χ2v) is 4.45. The van der Waals surface area contributed by atoms with Crippen molar-refractivity contribution in [1.29, 1.82) is 0 Å². The van der Waals surface area contributed by atoms with E-state index in [2.05, 4.69) is 15.0 Å². The lowest BCUT2D eigenvalue weighted by Gasteiger charge is -2.20. The number of hydrogen-bond donors (Lipinski definition) is 4. The molecule has 1 saturated heterocycles. The van der Waals surface area contributed by atoms with Crippen LogP contribution in [0.4, 0.5) is 10.2 Å². The highest BCUT2D eigenvalue weighted by Gasteiger charge is 2.57. The molecule has 9 nitrogen and oxygen atoms in total. The molecule has 0 saturated carbocycles. The van der Waals surface area contributed by atoms with Crippen LogP contribution in [0, 0.1) is 0 Å². The first-order valence-corrected chi connectivity index (χ1v) is 5.75. The lowest BCUT2D eigenvalue weighted by Crippen LogP contribution is -2.44. The molecule has 4 atom stereocenters. The Kier molecular flexibility index (Phi) is 2.83. The zero-order chi connectivity index (χ0) is 14.5. The van der Waals surface area contributed by atoms with Crippen LogP contribution in [0.3, 0.4) is 0 Å². The predicted molar refractivity (Wildman–Crippen MR) is 62.8 cm³/mol. The molecule has 3 rings (SSSR count). The second-order valence-electron chi connectivity index (χ2n) is 4.45. The number of ether oxygens (including phenoxy) is 1. The minimum atomic E-state index is -3.07. The number of fused-ring (bicyclic) bond motifs is 1. The van der Waals surface area contributed by atoms with Crippen LogP contribution in [-0.4, -0.2) is 59.5 Å². The normalized spacial score (nSPS) is 33.9. The number of halogens is 1. The molecule has 5 N–H and O–H groups in total. The fraction of sp³-hybridized carbons (Fsp3) is 0.500. The number of nitrogens with zero attached hydrogens (tertiary/aromatic N) is 4. The summed E-state index contributed by atoms with van der Waals surface area (Å²) in [5.41, 5.74) is 6.10. The molecule has 0 aromatic carbocycles. The average Bonchev–Trinajstić information content (AvgIpc) is 2.92. The molecule has 3 heterocycles. The minimum Gasteiger partial charge on any atom is -0.393 e. The highest BCUT2D eigenvalue weighted by molar-refractivity contribution is 5.81. The van der Waals surface area contributed by atoms with Gasteiger partial charge in [-0.25, -0.2) is 19.3 Å². The van der Waals surface area contributed by atoms with Gasteiger partial charge in [-0.2, -0.15) is 0 Å². The van der Waals surface area contributed by atoms with E-state index < -0.39 is 30.9 Å². The molecule has 20 heavy (non-hydrogen) atoms. The molecular weight excluding hydrogens is 273 g/mol. The Morgan fingerprint density at radius 3 is 2.85 bits per heavy atom. The summed E-state index contributed by atoms with van der Waals surface area (Å²) < 4.78 is 20.3. The highest BCUT2D eigenvalue weighted by Crippen LogP contribution is 2.39. The summed E-state index contributed by atoms with van der Waals surface area (Å²) in [6.07, 6.45) is -2.35. The first-order chi connectivity index (χ1) is 9.46. The first-order valence-electron chi connectivity index (χ1n) is 5.75. The van der Waals surface area contributed by atoms with Crippen LogP contribution in [0.1, 0.15) is 6.23 Å². The van der Waals surface area contributed by atoms with Crippen molar-refractivity contribution in [1.82, 2.24) is 19.5 Å². The Labute approximate surface area is 111 Å². The third kappa shape index (κ3) is 1.66. The molecule has 10 heteroatoms. The monoisotopic (exact) mass is 285 g/mol. The number of hydrogen-bond acceptors (Lipinski definition) is 8. The van der Waals surface area contributed by atoms with Gasteiger partial charge in [-0.3, -0.25) is 4.57 Å². The number of nitrogen functional groups attached to an aromatic ring is 1. The maximum absolute atomic E-state index is 13.9. The molecular formula is C10H12FN5O4. The topological polar surface area (TPSA) is 140 Å². The van der Waals surface area contributed by atoms with E-state index in [9.17, 15) is 14.6 Å². The fourth-order valence-electron chi connectivity index (χ4n) is 2.17. The number of imidazole rings is 1. The van der Waals surface area contributed by atoms with E-state index >= 15 is 0 Å². The first kappa shape index (κ1) is 13.1. The standard InChI is InChI=1S/C10H12FN5O4/c11-10(19)4(1-17)20-9(6(10)18)16-3-15-5-7(12)13-2-14-8(5)16/h2-4,6,9,17-19H,1H2,(H2,12,13,14)/t4-,6+,9-,10+/m1/s1. The third-order valence-corrected chi connectivity index (χ3v) is 3.27. The summed E-state index contributed by atoms with van der Waals surface area (Å²) in [5.74, 6) is -2.95. The van der Waals surface area contributed by atoms with E-state index in [0.717, 1.165) is 0 Å². The summed E-state index contributed by atoms with van der Waals surface area (Å²) >= 11 is 0. The van der Waals surface area contributed by atoms with Crippen LogP contribution in [0.5, 0.6) is 0 Å². The molecule has 1 aliphatic heterocycles. The molecule has 1 fully saturated rings. The maximum Gasteiger partial charge on any atom is 0.266 e. The number of aromatic nitrogens is 4. The van der Waals surface area contributed by atoms with E-state index in [1.54, 1.807) is 0 Å². The molecule has 0 bridgehead atoms. The molecule has 0 radical (unpaired) electrons. The van der Waals surface area contributed by atoms with E-state index in [4.69, 9.17) is 15.6 Å². The molecule has 0 amide bonds. The van der Waals surface area contributed by atoms with Crippen LogP contribution in [0.15, 0.2) is 12.7 Å². The van der Waals surface area contributed by atoms with Gasteiger partial charge < -0.3 is 25.8 Å². The Balaban J connectivity index is 2.06. The smallest absolute Gasteiger partial charge is 0.266 e. The van der Waals surface area contributed by atoms with Gasteiger partial charge in [0.15, 0.2) is 23.8 Å². The van der Waals surface area contributed by atoms with Crippen molar-refractivity contribution < 1.29 is 24.4 Å². The van der Waals surface area contributed by atoms with Crippen molar-refractivity contribution in [3.63, 3.8) is 0 Å². The van der Waals surface area contributed by atoms with Crippen LogP contribution in [0.2, 0.25) is 0 Å². The number of aliphatic hydroxyl groups excluding tert-OH is 2. The molecule has 1 aliphatic rings. The van der Waals surface area contributed by atoms with Crippen molar-refractivity contribution in [3.8, 4) is 0 Å². The fourth-order valence-corrected chi connectivity index (χ4v) is 2.17. The number of rotatable bonds is 2. The van der Waals surface area contributed by atoms with Crippen LogP contribution in [0.25, 0.3) is 11.2 Å². The lowest BCUT2D eigenvalue weighted by atomic mass is 10.1. The zero-order valence-corrected chi connectivity index (χ0v) is 10.1. The number of anilines is 1.